The molecule has 0 heterocycles. The van der Waals surface area contributed by atoms with Crippen LogP contribution in [0.1, 0.15) is 19.8 Å². The van der Waals surface area contributed by atoms with Gasteiger partial charge in [-0.15, -0.1) is 0 Å². The summed E-state index contributed by atoms with van der Waals surface area (Å²) in [6.07, 6.45) is 1.91. The summed E-state index contributed by atoms with van der Waals surface area (Å²) in [6, 6.07) is 0. The Kier molecular flexibility index (Phi) is 9.59. The van der Waals surface area contributed by atoms with Crippen LogP contribution in [0.2, 0.25) is 0 Å². The summed E-state index contributed by atoms with van der Waals surface area (Å²) in [5.74, 6) is 0. The van der Waals surface area contributed by atoms with Crippen LogP contribution < -0.4 is 11.5 Å². The molecule has 49 valence electrons. The largest absolute Gasteiger partial charge is 0.316 e. The van der Waals surface area contributed by atoms with Crippen molar-refractivity contribution in [2.45, 2.75) is 25.9 Å². The third-order valence-electron chi connectivity index (χ3n) is 0.622. The maximum Gasteiger partial charge on any atom is 0.0520 e. The van der Waals surface area contributed by atoms with Crippen molar-refractivity contribution in [1.29, 1.82) is 0 Å². The summed E-state index contributed by atoms with van der Waals surface area (Å²) in [7, 11) is 0. The molecule has 0 aromatic rings. The van der Waals surface area contributed by atoms with Crippen LogP contribution in [0.3, 0.4) is 0 Å². The fourth-order valence-electron chi connectivity index (χ4n) is 0.333. The van der Waals surface area contributed by atoms with Gasteiger partial charge in [0, 0.05) is 17.1 Å². The van der Waals surface area contributed by atoms with Crippen molar-refractivity contribution in [1.82, 2.24) is 0 Å². The van der Waals surface area contributed by atoms with Gasteiger partial charge in [0.25, 0.3) is 0 Å². The summed E-state index contributed by atoms with van der Waals surface area (Å²) >= 11 is 0. The van der Waals surface area contributed by atoms with Crippen LogP contribution in [0.25, 0.3) is 0 Å². The van der Waals surface area contributed by atoms with Crippen LogP contribution >= 0.6 is 0 Å². The molecular formula is C4H12CuN2. The maximum absolute atomic E-state index is 5.18. The zero-order valence-electron chi connectivity index (χ0n) is 4.45. The van der Waals surface area contributed by atoms with E-state index in [1.165, 1.54) is 0 Å². The molecule has 0 aliphatic carbocycles. The molecule has 4 N–H and O–H groups in total. The SMILES string of the molecule is CCCC(N)N.[Cu]. The minimum Gasteiger partial charge on any atom is -0.316 e. The average Bonchev–Trinajstić information content (AvgIpc) is 1.35. The molecule has 0 saturated carbocycles. The van der Waals surface area contributed by atoms with Crippen molar-refractivity contribution in [2.75, 3.05) is 0 Å². The Morgan fingerprint density at radius 2 is 1.86 bits per heavy atom. The van der Waals surface area contributed by atoms with Crippen molar-refractivity contribution >= 4 is 0 Å². The Balaban J connectivity index is 0. The Morgan fingerprint density at radius 3 is 1.86 bits per heavy atom. The second kappa shape index (κ2) is 6.44. The summed E-state index contributed by atoms with van der Waals surface area (Å²) < 4.78 is 0. The zero-order valence-corrected chi connectivity index (χ0v) is 5.39. The molecule has 0 atom stereocenters. The van der Waals surface area contributed by atoms with Gasteiger partial charge in [-0.3, -0.25) is 0 Å². The van der Waals surface area contributed by atoms with Crippen molar-refractivity contribution in [3.8, 4) is 0 Å². The first kappa shape index (κ1) is 10.4. The summed E-state index contributed by atoms with van der Waals surface area (Å²) in [6.45, 7) is 2.06. The topological polar surface area (TPSA) is 52.0 Å². The van der Waals surface area contributed by atoms with Gasteiger partial charge in [-0.05, 0) is 6.42 Å². The van der Waals surface area contributed by atoms with Gasteiger partial charge < -0.3 is 11.5 Å². The van der Waals surface area contributed by atoms with E-state index in [2.05, 4.69) is 6.92 Å². The third kappa shape index (κ3) is 10.7. The third-order valence-corrected chi connectivity index (χ3v) is 0.622. The first-order valence-electron chi connectivity index (χ1n) is 2.28. The summed E-state index contributed by atoms with van der Waals surface area (Å²) in [4.78, 5) is 0. The van der Waals surface area contributed by atoms with Gasteiger partial charge in [0.05, 0.1) is 6.17 Å². The second-order valence-electron chi connectivity index (χ2n) is 1.45. The van der Waals surface area contributed by atoms with E-state index in [0.29, 0.717) is 0 Å². The van der Waals surface area contributed by atoms with Crippen LogP contribution in [-0.4, -0.2) is 6.17 Å². The Morgan fingerprint density at radius 1 is 1.43 bits per heavy atom. The standard InChI is InChI=1S/C4H12N2.Cu/c1-2-3-4(5)6;/h4H,2-3,5-6H2,1H3;. The van der Waals surface area contributed by atoms with Crippen molar-refractivity contribution in [3.63, 3.8) is 0 Å². The molecule has 0 unspecified atom stereocenters. The van der Waals surface area contributed by atoms with E-state index in [1.54, 1.807) is 0 Å². The molecule has 7 heavy (non-hydrogen) atoms. The Hall–Kier alpha value is 0.439. The molecule has 0 aromatic heterocycles. The van der Waals surface area contributed by atoms with E-state index < -0.39 is 0 Å². The van der Waals surface area contributed by atoms with E-state index >= 15 is 0 Å². The van der Waals surface area contributed by atoms with Crippen LogP contribution in [0.15, 0.2) is 0 Å². The number of rotatable bonds is 2. The molecule has 0 aliphatic rings. The molecular weight excluding hydrogens is 140 g/mol. The number of nitrogens with two attached hydrogens (primary N) is 2. The molecule has 0 bridgehead atoms. The molecule has 0 amide bonds. The summed E-state index contributed by atoms with van der Waals surface area (Å²) in [5, 5.41) is 0. The van der Waals surface area contributed by atoms with E-state index in [4.69, 9.17) is 11.5 Å². The fraction of sp³-hybridized carbons (Fsp3) is 1.00. The molecule has 2 nitrogen and oxygen atoms in total. The Labute approximate surface area is 55.1 Å². The van der Waals surface area contributed by atoms with Gasteiger partial charge in [-0.1, -0.05) is 13.3 Å². The molecule has 0 fully saturated rings. The van der Waals surface area contributed by atoms with Crippen LogP contribution in [0, 0.1) is 0 Å². The van der Waals surface area contributed by atoms with Crippen molar-refractivity contribution in [2.24, 2.45) is 11.5 Å². The van der Waals surface area contributed by atoms with Crippen LogP contribution in [0.4, 0.5) is 0 Å². The summed E-state index contributed by atoms with van der Waals surface area (Å²) in [5.41, 5.74) is 10.4. The van der Waals surface area contributed by atoms with Crippen molar-refractivity contribution in [3.05, 3.63) is 0 Å². The average molecular weight is 152 g/mol. The van der Waals surface area contributed by atoms with Crippen molar-refractivity contribution < 1.29 is 17.1 Å². The molecule has 0 aromatic carbocycles. The van der Waals surface area contributed by atoms with E-state index in [0.717, 1.165) is 12.8 Å². The van der Waals surface area contributed by atoms with Gasteiger partial charge in [0.15, 0.2) is 0 Å². The molecule has 3 heteroatoms. The fourth-order valence-corrected chi connectivity index (χ4v) is 0.333. The molecule has 0 spiro atoms. The molecule has 1 radical (unpaired) electrons. The van der Waals surface area contributed by atoms with E-state index in [9.17, 15) is 0 Å². The van der Waals surface area contributed by atoms with Gasteiger partial charge in [0.2, 0.25) is 0 Å². The van der Waals surface area contributed by atoms with Gasteiger partial charge in [-0.2, -0.15) is 0 Å². The monoisotopic (exact) mass is 151 g/mol. The van der Waals surface area contributed by atoms with Crippen LogP contribution in [-0.2, 0) is 17.1 Å². The first-order chi connectivity index (χ1) is 2.77. The van der Waals surface area contributed by atoms with Gasteiger partial charge in [0.1, 0.15) is 0 Å². The molecule has 0 saturated heterocycles. The molecule has 0 aliphatic heterocycles. The predicted octanol–water partition coefficient (Wildman–Crippen LogP) is 0.0275. The second-order valence-corrected chi connectivity index (χ2v) is 1.45. The number of hydrogen-bond acceptors (Lipinski definition) is 2. The maximum atomic E-state index is 5.18. The first-order valence-corrected chi connectivity index (χ1v) is 2.28. The zero-order chi connectivity index (χ0) is 4.99. The van der Waals surface area contributed by atoms with Gasteiger partial charge in [-0.25, -0.2) is 0 Å². The van der Waals surface area contributed by atoms with Gasteiger partial charge >= 0.3 is 0 Å². The quantitative estimate of drug-likeness (QED) is 0.432. The smallest absolute Gasteiger partial charge is 0.0520 e. The number of hydrogen-bond donors (Lipinski definition) is 2. The Bertz CT molecular complexity index is 30.9. The predicted molar refractivity (Wildman–Crippen MR) is 27.1 cm³/mol. The minimum atomic E-state index is -0.102. The van der Waals surface area contributed by atoms with Crippen LogP contribution in [0.5, 0.6) is 0 Å². The van der Waals surface area contributed by atoms with E-state index in [1.807, 2.05) is 0 Å². The minimum absolute atomic E-state index is 0. The van der Waals surface area contributed by atoms with E-state index in [-0.39, 0.29) is 23.2 Å². The molecule has 0 rings (SSSR count). The normalized spacial score (nSPS) is 8.57.